The van der Waals surface area contributed by atoms with Gasteiger partial charge >= 0.3 is 0 Å². The molecule has 0 bridgehead atoms. The van der Waals surface area contributed by atoms with E-state index in [1.807, 2.05) is 19.9 Å². The molecule has 0 spiro atoms. The first-order valence-electron chi connectivity index (χ1n) is 7.28. The van der Waals surface area contributed by atoms with Crippen LogP contribution in [0.1, 0.15) is 19.4 Å². The molecule has 1 aromatic heterocycles. The molecule has 0 aliphatic carbocycles. The van der Waals surface area contributed by atoms with Crippen LogP contribution in [0.4, 0.5) is 0 Å². The Morgan fingerprint density at radius 3 is 2.68 bits per heavy atom. The number of halogens is 2. The van der Waals surface area contributed by atoms with Gasteiger partial charge < -0.3 is 5.11 Å². The van der Waals surface area contributed by atoms with E-state index in [1.165, 1.54) is 4.57 Å². The van der Waals surface area contributed by atoms with Crippen molar-refractivity contribution in [3.05, 3.63) is 66.3 Å². The molecule has 3 rings (SSSR count). The van der Waals surface area contributed by atoms with Crippen LogP contribution in [-0.2, 0) is 0 Å². The van der Waals surface area contributed by atoms with Crippen LogP contribution >= 0.6 is 35.4 Å². The van der Waals surface area contributed by atoms with Gasteiger partial charge in [-0.05, 0) is 55.9 Å². The van der Waals surface area contributed by atoms with Gasteiger partial charge in [-0.2, -0.15) is 0 Å². The predicted octanol–water partition coefficient (Wildman–Crippen LogP) is 4.67. The number of aromatic amines is 1. The first kappa shape index (κ1) is 17.7. The van der Waals surface area contributed by atoms with E-state index in [2.05, 4.69) is 9.98 Å². The lowest BCUT2D eigenvalue weighted by Crippen LogP contribution is -2.16. The first-order chi connectivity index (χ1) is 11.8. The minimum absolute atomic E-state index is 0.0114. The van der Waals surface area contributed by atoms with Crippen molar-refractivity contribution in [3.63, 3.8) is 0 Å². The zero-order valence-corrected chi connectivity index (χ0v) is 15.6. The Morgan fingerprint density at radius 1 is 1.32 bits per heavy atom. The molecular weight excluding hydrogens is 381 g/mol. The Hall–Kier alpha value is -2.15. The molecule has 0 saturated heterocycles. The average molecular weight is 394 g/mol. The number of allylic oxidation sites excluding steroid dienone is 3. The summed E-state index contributed by atoms with van der Waals surface area (Å²) in [6.45, 7) is 3.68. The Bertz CT molecular complexity index is 1090. The molecule has 0 amide bonds. The van der Waals surface area contributed by atoms with E-state index in [0.717, 1.165) is 17.0 Å². The Kier molecular flexibility index (Phi) is 4.69. The highest BCUT2D eigenvalue weighted by molar-refractivity contribution is 7.71. The van der Waals surface area contributed by atoms with E-state index >= 15 is 0 Å². The third-order valence-electron chi connectivity index (χ3n) is 3.72. The standard InChI is InChI=1S/C17H13Cl2N3O2S/c1-8-6-10(9(2)20-8)7-11-15(23)21-17(25)22(16(11)24)13-5-3-4-12(18)14(13)19/h3-7,24H,1-2H3,(H,21,23,25)/b10-7-. The summed E-state index contributed by atoms with van der Waals surface area (Å²) >= 11 is 17.5. The third kappa shape index (κ3) is 3.20. The molecule has 1 aliphatic heterocycles. The quantitative estimate of drug-likeness (QED) is 0.728. The first-order valence-corrected chi connectivity index (χ1v) is 8.44. The largest absolute Gasteiger partial charge is 0.494 e. The van der Waals surface area contributed by atoms with Crippen molar-refractivity contribution in [2.45, 2.75) is 13.8 Å². The van der Waals surface area contributed by atoms with E-state index in [4.69, 9.17) is 35.4 Å². The van der Waals surface area contributed by atoms with E-state index in [1.54, 1.807) is 24.3 Å². The summed E-state index contributed by atoms with van der Waals surface area (Å²) in [5.41, 5.74) is 2.24. The fourth-order valence-corrected chi connectivity index (χ4v) is 3.21. The minimum Gasteiger partial charge on any atom is -0.494 e. The van der Waals surface area contributed by atoms with Crippen LogP contribution in [-0.4, -0.2) is 20.4 Å². The zero-order chi connectivity index (χ0) is 18.3. The summed E-state index contributed by atoms with van der Waals surface area (Å²) in [7, 11) is 0. The van der Waals surface area contributed by atoms with E-state index < -0.39 is 5.56 Å². The van der Waals surface area contributed by atoms with Gasteiger partial charge in [0.25, 0.3) is 5.56 Å². The predicted molar refractivity (Wildman–Crippen MR) is 104 cm³/mol. The van der Waals surface area contributed by atoms with Crippen molar-refractivity contribution < 1.29 is 5.11 Å². The Labute approximate surface area is 158 Å². The normalized spacial score (nSPS) is 15.4. The lowest BCUT2D eigenvalue weighted by atomic mass is 10.1. The highest BCUT2D eigenvalue weighted by Crippen LogP contribution is 2.32. The van der Waals surface area contributed by atoms with Crippen molar-refractivity contribution in [2.75, 3.05) is 0 Å². The number of aromatic hydroxyl groups is 1. The molecule has 1 aliphatic rings. The van der Waals surface area contributed by atoms with Gasteiger partial charge in [0.2, 0.25) is 5.88 Å². The lowest BCUT2D eigenvalue weighted by molar-refractivity contribution is 0.432. The van der Waals surface area contributed by atoms with Gasteiger partial charge in [0.05, 0.1) is 15.7 Å². The number of hydrogen-bond acceptors (Lipinski definition) is 4. The molecule has 0 saturated carbocycles. The molecule has 0 unspecified atom stereocenters. The van der Waals surface area contributed by atoms with Gasteiger partial charge in [-0.1, -0.05) is 29.3 Å². The molecule has 128 valence electrons. The topological polar surface area (TPSA) is 70.4 Å². The number of hydrogen-bond donors (Lipinski definition) is 2. The van der Waals surface area contributed by atoms with Gasteiger partial charge in [-0.15, -0.1) is 0 Å². The van der Waals surface area contributed by atoms with Crippen LogP contribution in [0.2, 0.25) is 10.0 Å². The molecule has 0 fully saturated rings. The second-order valence-electron chi connectivity index (χ2n) is 5.49. The van der Waals surface area contributed by atoms with Crippen LogP contribution in [0.25, 0.3) is 11.8 Å². The number of nitrogens with zero attached hydrogens (tertiary/aromatic N) is 2. The molecule has 2 heterocycles. The van der Waals surface area contributed by atoms with Gasteiger partial charge in [-0.25, -0.2) is 0 Å². The molecule has 8 heteroatoms. The average Bonchev–Trinajstić information content (AvgIpc) is 2.85. The maximum Gasteiger partial charge on any atom is 0.262 e. The van der Waals surface area contributed by atoms with Gasteiger partial charge in [0.15, 0.2) is 4.77 Å². The summed E-state index contributed by atoms with van der Waals surface area (Å²) in [5.74, 6) is -0.323. The Morgan fingerprint density at radius 2 is 2.04 bits per heavy atom. The van der Waals surface area contributed by atoms with Crippen molar-refractivity contribution in [3.8, 4) is 11.6 Å². The fraction of sp³-hybridized carbons (Fsp3) is 0.118. The summed E-state index contributed by atoms with van der Waals surface area (Å²) in [6.07, 6.45) is 3.39. The molecule has 25 heavy (non-hydrogen) atoms. The number of aromatic nitrogens is 2. The molecular formula is C17H13Cl2N3O2S. The maximum atomic E-state index is 12.3. The summed E-state index contributed by atoms with van der Waals surface area (Å²) in [5, 5.41) is 11.2. The number of benzene rings is 1. The van der Waals surface area contributed by atoms with Crippen molar-refractivity contribution in [2.24, 2.45) is 4.99 Å². The fourth-order valence-electron chi connectivity index (χ4n) is 2.55. The number of nitrogens with one attached hydrogen (secondary N) is 1. The minimum atomic E-state index is -0.504. The molecule has 1 aromatic carbocycles. The van der Waals surface area contributed by atoms with Crippen molar-refractivity contribution in [1.82, 2.24) is 9.55 Å². The van der Waals surface area contributed by atoms with Crippen LogP contribution in [0.15, 0.2) is 45.3 Å². The second-order valence-corrected chi connectivity index (χ2v) is 6.66. The summed E-state index contributed by atoms with van der Waals surface area (Å²) in [6, 6.07) is 4.94. The highest BCUT2D eigenvalue weighted by atomic mass is 35.5. The highest BCUT2D eigenvalue weighted by Gasteiger charge is 2.17. The van der Waals surface area contributed by atoms with Crippen molar-refractivity contribution >= 4 is 47.2 Å². The van der Waals surface area contributed by atoms with Gasteiger partial charge in [0, 0.05) is 11.4 Å². The van der Waals surface area contributed by atoms with Crippen LogP contribution in [0.5, 0.6) is 5.88 Å². The molecule has 0 atom stereocenters. The lowest BCUT2D eigenvalue weighted by Gasteiger charge is -2.13. The number of aliphatic imine (C=N–C) groups is 1. The molecule has 5 nitrogen and oxygen atoms in total. The van der Waals surface area contributed by atoms with Gasteiger partial charge in [-0.3, -0.25) is 19.3 Å². The van der Waals surface area contributed by atoms with Crippen LogP contribution in [0, 0.1) is 4.77 Å². The van der Waals surface area contributed by atoms with Crippen LogP contribution < -0.4 is 5.56 Å². The number of rotatable bonds is 2. The number of H-pyrrole nitrogens is 1. The van der Waals surface area contributed by atoms with Crippen molar-refractivity contribution in [1.29, 1.82) is 0 Å². The monoisotopic (exact) mass is 393 g/mol. The molecule has 2 aromatic rings. The maximum absolute atomic E-state index is 12.3. The Balaban J connectivity index is 2.29. The SMILES string of the molecule is CC1=C/C(=C/c2c(O)n(-c3cccc(Cl)c3Cl)c(=S)[nH]c2=O)C(C)=N1. The van der Waals surface area contributed by atoms with E-state index in [0.29, 0.717) is 10.7 Å². The molecule has 2 N–H and O–H groups in total. The van der Waals surface area contributed by atoms with Crippen LogP contribution in [0.3, 0.4) is 0 Å². The van der Waals surface area contributed by atoms with E-state index in [-0.39, 0.29) is 21.2 Å². The second kappa shape index (κ2) is 6.63. The third-order valence-corrected chi connectivity index (χ3v) is 4.81. The molecule has 0 radical (unpaired) electrons. The zero-order valence-electron chi connectivity index (χ0n) is 13.3. The summed E-state index contributed by atoms with van der Waals surface area (Å²) in [4.78, 5) is 19.2. The summed E-state index contributed by atoms with van der Waals surface area (Å²) < 4.78 is 1.28. The van der Waals surface area contributed by atoms with E-state index in [9.17, 15) is 9.90 Å². The smallest absolute Gasteiger partial charge is 0.262 e. The van der Waals surface area contributed by atoms with Gasteiger partial charge in [0.1, 0.15) is 5.56 Å².